The fourth-order valence-corrected chi connectivity index (χ4v) is 86.0. The minimum atomic E-state index is -1.67. The van der Waals surface area contributed by atoms with E-state index in [2.05, 4.69) is 106 Å². The van der Waals surface area contributed by atoms with Crippen molar-refractivity contribution in [2.24, 2.45) is 0 Å². The van der Waals surface area contributed by atoms with E-state index in [-0.39, 0.29) is 0 Å². The lowest BCUT2D eigenvalue weighted by atomic mass is 10.6. The lowest BCUT2D eigenvalue weighted by Crippen LogP contribution is -2.60. The maximum absolute atomic E-state index is 4.11. The monoisotopic (exact) mass is 644 g/mol. The highest BCUT2D eigenvalue weighted by Crippen LogP contribution is 2.54. The zero-order valence-electron chi connectivity index (χ0n) is 8.60. The van der Waals surface area contributed by atoms with Crippen molar-refractivity contribution < 1.29 is 0 Å². The molecule has 0 rings (SSSR count). The molecule has 0 aromatic rings. The quantitative estimate of drug-likeness (QED) is 0.223. The minimum Gasteiger partial charge on any atom is -0.128 e. The van der Waals surface area contributed by atoms with Crippen LogP contribution in [0.4, 0.5) is 0 Å². The van der Waals surface area contributed by atoms with Gasteiger partial charge in [-0.1, -0.05) is 72.6 Å². The third-order valence-corrected chi connectivity index (χ3v) is 121. The molecule has 0 bridgehead atoms. The molecular weight excluding hydrogens is 636 g/mol. The Kier molecular flexibility index (Phi) is 9.08. The van der Waals surface area contributed by atoms with Crippen LogP contribution < -0.4 is 0 Å². The first-order valence-electron chi connectivity index (χ1n) is 4.76. The van der Waals surface area contributed by atoms with E-state index < -0.39 is 14.0 Å². The van der Waals surface area contributed by atoms with E-state index in [0.29, 0.717) is 0 Å². The first-order chi connectivity index (χ1) is 6.62. The highest BCUT2D eigenvalue weighted by atomic mass is 80.0. The molecule has 0 aliphatic carbocycles. The number of halogens is 6. The molecule has 15 heavy (non-hydrogen) atoms. The van der Waals surface area contributed by atoms with Gasteiger partial charge >= 0.3 is 0 Å². The van der Waals surface area contributed by atoms with E-state index in [4.69, 9.17) is 0 Å². The van der Waals surface area contributed by atoms with Crippen molar-refractivity contribution >= 4 is 106 Å². The van der Waals surface area contributed by atoms with Gasteiger partial charge < -0.3 is 0 Å². The molecule has 0 amide bonds. The predicted octanol–water partition coefficient (Wildman–Crippen LogP) is 6.66. The van der Waals surface area contributed by atoms with E-state index in [1.54, 1.807) is 0 Å². The third-order valence-electron chi connectivity index (χ3n) is 2.21. The summed E-state index contributed by atoms with van der Waals surface area (Å²) in [7, 11) is 0. The van der Waals surface area contributed by atoms with Crippen LogP contribution in [0, 0.1) is 0 Å². The fraction of sp³-hybridized carbons (Fsp3) is 1.00. The minimum absolute atomic E-state index is 1.25. The third kappa shape index (κ3) is 4.85. The average Bonchev–Trinajstić information content (AvgIpc) is 2.02. The Labute approximate surface area is 142 Å². The molecule has 0 atom stereocenters. The van der Waals surface area contributed by atoms with E-state index >= 15 is 0 Å². The Morgan fingerprint density at radius 3 is 1.27 bits per heavy atom. The van der Waals surface area contributed by atoms with Crippen LogP contribution in [0.1, 0.15) is 26.7 Å². The SMILES string of the molecule is CCC[Si](Br)(CCC)[Si](Br)(Br)[Si](Br)(Br)Br. The topological polar surface area (TPSA) is 0 Å². The summed E-state index contributed by atoms with van der Waals surface area (Å²) in [5, 5.41) is 0. The summed E-state index contributed by atoms with van der Waals surface area (Å²) in [6.45, 7) is 4.53. The van der Waals surface area contributed by atoms with Gasteiger partial charge in [-0.15, -0.1) is 45.9 Å². The lowest BCUT2D eigenvalue weighted by molar-refractivity contribution is 1.01. The van der Waals surface area contributed by atoms with Gasteiger partial charge in [0.1, 0.15) is 6.21 Å². The Hall–Kier alpha value is 3.53. The summed E-state index contributed by atoms with van der Waals surface area (Å²) < 4.78 is -3.30. The second kappa shape index (κ2) is 7.35. The van der Waals surface area contributed by atoms with Crippen molar-refractivity contribution in [2.45, 2.75) is 38.8 Å². The van der Waals surface area contributed by atoms with Crippen LogP contribution >= 0.6 is 91.8 Å². The van der Waals surface area contributed by atoms with Crippen molar-refractivity contribution in [1.29, 1.82) is 0 Å². The molecular formula is C6H14Br6Si3. The highest BCUT2D eigenvalue weighted by molar-refractivity contribution is 9.82. The first kappa shape index (κ1) is 18.5. The summed E-state index contributed by atoms with van der Waals surface area (Å²) in [6.07, 6.45) is 1.10. The van der Waals surface area contributed by atoms with Gasteiger partial charge in [0.15, 0.2) is 0 Å². The largest absolute Gasteiger partial charge is 0.277 e. The van der Waals surface area contributed by atoms with E-state index in [0.717, 1.165) is 0 Å². The van der Waals surface area contributed by atoms with Crippen LogP contribution in [-0.4, -0.2) is 14.0 Å². The number of hydrogen-bond acceptors (Lipinski definition) is 0. The van der Waals surface area contributed by atoms with E-state index in [1.165, 1.54) is 24.9 Å². The van der Waals surface area contributed by atoms with Crippen molar-refractivity contribution in [3.8, 4) is 0 Å². The Balaban J connectivity index is 5.05. The standard InChI is InChI=1S/C6H14Br6Si3/c1-3-5-13(7,6-4-2)15(11,12)14(8,9)10/h3-6H2,1-2H3. The molecule has 0 saturated carbocycles. The maximum Gasteiger partial charge on any atom is 0.277 e. The van der Waals surface area contributed by atoms with Crippen molar-refractivity contribution in [1.82, 2.24) is 0 Å². The zero-order chi connectivity index (χ0) is 12.3. The number of rotatable bonds is 6. The summed E-state index contributed by atoms with van der Waals surface area (Å²) in [4.78, 5) is 0. The van der Waals surface area contributed by atoms with Crippen LogP contribution in [0.15, 0.2) is 0 Å². The molecule has 0 aromatic carbocycles. The molecule has 92 valence electrons. The van der Waals surface area contributed by atoms with Gasteiger partial charge in [0.05, 0.1) is 0 Å². The van der Waals surface area contributed by atoms with Crippen LogP contribution in [0.3, 0.4) is 0 Å². The molecule has 0 aliphatic rings. The lowest BCUT2D eigenvalue weighted by Gasteiger charge is -2.39. The second-order valence-electron chi connectivity index (χ2n) is 3.54. The smallest absolute Gasteiger partial charge is 0.128 e. The Bertz CT molecular complexity index is 198. The molecule has 0 spiro atoms. The molecule has 0 fully saturated rings. The fourth-order valence-electron chi connectivity index (χ4n) is 1.49. The molecule has 0 aliphatic heterocycles. The van der Waals surface area contributed by atoms with Gasteiger partial charge in [-0.25, -0.2) is 0 Å². The molecule has 0 unspecified atom stereocenters. The van der Waals surface area contributed by atoms with E-state index in [1.807, 2.05) is 0 Å². The van der Waals surface area contributed by atoms with Crippen LogP contribution in [0.25, 0.3) is 0 Å². The molecule has 0 aromatic heterocycles. The molecule has 0 nitrogen and oxygen atoms in total. The summed E-state index contributed by atoms with van der Waals surface area (Å²) in [6, 6.07) is 2.64. The van der Waals surface area contributed by atoms with Gasteiger partial charge in [-0.05, 0) is 12.1 Å². The summed E-state index contributed by atoms with van der Waals surface area (Å²) in [5.41, 5.74) is 0. The van der Waals surface area contributed by atoms with Crippen molar-refractivity contribution in [3.63, 3.8) is 0 Å². The molecule has 9 heteroatoms. The van der Waals surface area contributed by atoms with Gasteiger partial charge in [-0.2, -0.15) is 0 Å². The summed E-state index contributed by atoms with van der Waals surface area (Å²) in [5.74, 6) is 0. The normalized spacial score (nSPS) is 14.4. The summed E-state index contributed by atoms with van der Waals surface area (Å²) >= 11 is 23.6. The van der Waals surface area contributed by atoms with Crippen LogP contribution in [-0.2, 0) is 0 Å². The highest BCUT2D eigenvalue weighted by Gasteiger charge is 2.62. The zero-order valence-corrected chi connectivity index (χ0v) is 21.1. The van der Waals surface area contributed by atoms with Crippen LogP contribution in [0.2, 0.25) is 12.1 Å². The Morgan fingerprint density at radius 2 is 1.07 bits per heavy atom. The van der Waals surface area contributed by atoms with Gasteiger partial charge in [0.25, 0.3) is 3.45 Å². The Morgan fingerprint density at radius 1 is 0.733 bits per heavy atom. The van der Waals surface area contributed by atoms with Crippen molar-refractivity contribution in [3.05, 3.63) is 0 Å². The average molecular weight is 650 g/mol. The predicted molar refractivity (Wildman–Crippen MR) is 101 cm³/mol. The first-order valence-corrected chi connectivity index (χ1v) is 26.7. The second-order valence-corrected chi connectivity index (χ2v) is 72.5. The van der Waals surface area contributed by atoms with Gasteiger partial charge in [0, 0.05) is 0 Å². The maximum atomic E-state index is 4.11. The van der Waals surface area contributed by atoms with Crippen LogP contribution in [0.5, 0.6) is 0 Å². The molecule has 0 heterocycles. The number of hydrogen-bond donors (Lipinski definition) is 0. The van der Waals surface area contributed by atoms with Gasteiger partial charge in [-0.3, -0.25) is 0 Å². The molecule has 0 radical (unpaired) electrons. The molecule has 0 saturated heterocycles. The van der Waals surface area contributed by atoms with Gasteiger partial charge in [0.2, 0.25) is 4.35 Å². The molecule has 0 N–H and O–H groups in total. The van der Waals surface area contributed by atoms with Crippen molar-refractivity contribution in [2.75, 3.05) is 0 Å². The van der Waals surface area contributed by atoms with E-state index in [9.17, 15) is 0 Å².